The first kappa shape index (κ1) is 17.5. The second kappa shape index (κ2) is 7.36. The van der Waals surface area contributed by atoms with Crippen LogP contribution in [-0.4, -0.2) is 31.2 Å². The maximum Gasteiger partial charge on any atom is 0.234 e. The molecular weight excluding hydrogens is 358 g/mol. The second-order valence-corrected chi connectivity index (χ2v) is 7.16. The van der Waals surface area contributed by atoms with E-state index in [2.05, 4.69) is 27.4 Å². The topological polar surface area (TPSA) is 72.2 Å². The van der Waals surface area contributed by atoms with Gasteiger partial charge >= 0.3 is 0 Å². The Morgan fingerprint density at radius 2 is 1.89 bits per heavy atom. The van der Waals surface area contributed by atoms with Crippen LogP contribution < -0.4 is 5.32 Å². The van der Waals surface area contributed by atoms with Crippen LogP contribution in [0.4, 0.5) is 5.69 Å². The van der Waals surface area contributed by atoms with Gasteiger partial charge in [-0.3, -0.25) is 9.20 Å². The molecule has 6 nitrogen and oxygen atoms in total. The molecule has 0 fully saturated rings. The zero-order valence-corrected chi connectivity index (χ0v) is 16.0. The van der Waals surface area contributed by atoms with Crippen LogP contribution in [0.2, 0.25) is 0 Å². The Labute approximate surface area is 161 Å². The molecule has 4 rings (SSSR count). The third-order valence-electron chi connectivity index (χ3n) is 4.35. The fourth-order valence-corrected chi connectivity index (χ4v) is 3.71. The summed E-state index contributed by atoms with van der Waals surface area (Å²) in [4.78, 5) is 17.0. The summed E-state index contributed by atoms with van der Waals surface area (Å²) in [6.45, 7) is 4.02. The highest BCUT2D eigenvalue weighted by Crippen LogP contribution is 2.25. The number of rotatable bonds is 5. The standard InChI is InChI=1S/C20H19N5OS/c1-3-14-8-10-15(11-9-14)21-18(26)12-27-20-19-24-23-13(2)25(19)17-7-5-4-6-16(17)22-20/h4-11H,3,12H2,1-2H3,(H,21,26). The monoisotopic (exact) mass is 377 g/mol. The smallest absolute Gasteiger partial charge is 0.234 e. The van der Waals surface area contributed by atoms with Gasteiger partial charge in [0.25, 0.3) is 0 Å². The molecule has 0 unspecified atom stereocenters. The number of aryl methyl sites for hydroxylation is 2. The third-order valence-corrected chi connectivity index (χ3v) is 5.30. The van der Waals surface area contributed by atoms with Crippen molar-refractivity contribution in [3.05, 3.63) is 59.9 Å². The van der Waals surface area contributed by atoms with Gasteiger partial charge in [0.2, 0.25) is 5.91 Å². The largest absolute Gasteiger partial charge is 0.325 e. The molecule has 136 valence electrons. The van der Waals surface area contributed by atoms with E-state index in [0.29, 0.717) is 10.7 Å². The number of aromatic nitrogens is 4. The lowest BCUT2D eigenvalue weighted by molar-refractivity contribution is -0.113. The van der Waals surface area contributed by atoms with Crippen LogP contribution >= 0.6 is 11.8 Å². The van der Waals surface area contributed by atoms with Crippen molar-refractivity contribution in [3.8, 4) is 0 Å². The Bertz CT molecular complexity index is 1120. The molecule has 0 spiro atoms. The fraction of sp³-hybridized carbons (Fsp3) is 0.200. The number of nitrogens with one attached hydrogen (secondary N) is 1. The highest BCUT2D eigenvalue weighted by molar-refractivity contribution is 8.00. The fourth-order valence-electron chi connectivity index (χ4n) is 2.95. The molecule has 0 atom stereocenters. The molecular formula is C20H19N5OS. The first-order valence-electron chi connectivity index (χ1n) is 8.78. The number of benzene rings is 2. The summed E-state index contributed by atoms with van der Waals surface area (Å²) in [5.74, 6) is 0.974. The van der Waals surface area contributed by atoms with Gasteiger partial charge in [-0.15, -0.1) is 10.2 Å². The van der Waals surface area contributed by atoms with Crippen LogP contribution in [-0.2, 0) is 11.2 Å². The van der Waals surface area contributed by atoms with Crippen molar-refractivity contribution in [2.45, 2.75) is 25.3 Å². The number of anilines is 1. The van der Waals surface area contributed by atoms with Crippen molar-refractivity contribution in [2.75, 3.05) is 11.1 Å². The number of amides is 1. The first-order valence-corrected chi connectivity index (χ1v) is 9.76. The molecule has 27 heavy (non-hydrogen) atoms. The van der Waals surface area contributed by atoms with Crippen LogP contribution in [0.1, 0.15) is 18.3 Å². The van der Waals surface area contributed by atoms with Crippen LogP contribution in [0.5, 0.6) is 0 Å². The van der Waals surface area contributed by atoms with Gasteiger partial charge in [0.05, 0.1) is 16.8 Å². The molecule has 0 radical (unpaired) electrons. The van der Waals surface area contributed by atoms with Crippen LogP contribution in [0, 0.1) is 6.92 Å². The number of hydrogen-bond donors (Lipinski definition) is 1. The van der Waals surface area contributed by atoms with Crippen LogP contribution in [0.25, 0.3) is 16.7 Å². The van der Waals surface area contributed by atoms with Gasteiger partial charge in [0.15, 0.2) is 5.65 Å². The van der Waals surface area contributed by atoms with Gasteiger partial charge in [0.1, 0.15) is 10.9 Å². The van der Waals surface area contributed by atoms with E-state index in [1.165, 1.54) is 17.3 Å². The van der Waals surface area contributed by atoms with E-state index in [0.717, 1.165) is 29.0 Å². The van der Waals surface area contributed by atoms with E-state index in [1.807, 2.05) is 59.9 Å². The Morgan fingerprint density at radius 3 is 2.67 bits per heavy atom. The molecule has 0 aliphatic rings. The molecule has 0 bridgehead atoms. The highest BCUT2D eigenvalue weighted by Gasteiger charge is 2.14. The number of thioether (sulfide) groups is 1. The summed E-state index contributed by atoms with van der Waals surface area (Å²) >= 11 is 1.37. The number of para-hydroxylation sites is 2. The minimum atomic E-state index is -0.0754. The summed E-state index contributed by atoms with van der Waals surface area (Å²) in [5.41, 5.74) is 4.53. The number of carbonyl (C=O) groups is 1. The summed E-state index contributed by atoms with van der Waals surface area (Å²) < 4.78 is 1.98. The average Bonchev–Trinajstić information content (AvgIpc) is 3.09. The number of fused-ring (bicyclic) bond motifs is 3. The Hall–Kier alpha value is -2.93. The lowest BCUT2D eigenvalue weighted by Gasteiger charge is -2.08. The van der Waals surface area contributed by atoms with Gasteiger partial charge in [0, 0.05) is 5.69 Å². The summed E-state index contributed by atoms with van der Waals surface area (Å²) in [7, 11) is 0. The minimum absolute atomic E-state index is 0.0754. The van der Waals surface area contributed by atoms with Crippen molar-refractivity contribution in [2.24, 2.45) is 0 Å². The molecule has 0 aliphatic heterocycles. The number of hydrogen-bond acceptors (Lipinski definition) is 5. The lowest BCUT2D eigenvalue weighted by Crippen LogP contribution is -2.14. The van der Waals surface area contributed by atoms with Crippen molar-refractivity contribution in [1.29, 1.82) is 0 Å². The van der Waals surface area contributed by atoms with Crippen molar-refractivity contribution in [3.63, 3.8) is 0 Å². The number of nitrogens with zero attached hydrogens (tertiary/aromatic N) is 4. The van der Waals surface area contributed by atoms with Crippen molar-refractivity contribution >= 4 is 40.0 Å². The highest BCUT2D eigenvalue weighted by atomic mass is 32.2. The van der Waals surface area contributed by atoms with E-state index in [4.69, 9.17) is 0 Å². The van der Waals surface area contributed by atoms with E-state index in [9.17, 15) is 4.79 Å². The van der Waals surface area contributed by atoms with Gasteiger partial charge in [-0.05, 0) is 43.2 Å². The molecule has 0 saturated carbocycles. The molecule has 0 saturated heterocycles. The van der Waals surface area contributed by atoms with Crippen molar-refractivity contribution < 1.29 is 4.79 Å². The molecule has 4 aromatic rings. The SMILES string of the molecule is CCc1ccc(NC(=O)CSc2nc3ccccc3n3c(C)nnc23)cc1. The van der Waals surface area contributed by atoms with Gasteiger partial charge in [-0.25, -0.2) is 4.98 Å². The van der Waals surface area contributed by atoms with E-state index < -0.39 is 0 Å². The van der Waals surface area contributed by atoms with E-state index in [-0.39, 0.29) is 11.7 Å². The molecule has 2 aromatic carbocycles. The molecule has 2 aromatic heterocycles. The summed E-state index contributed by atoms with van der Waals surface area (Å²) in [6, 6.07) is 15.8. The van der Waals surface area contributed by atoms with Crippen LogP contribution in [0.15, 0.2) is 53.6 Å². The zero-order valence-electron chi connectivity index (χ0n) is 15.1. The maximum atomic E-state index is 12.3. The van der Waals surface area contributed by atoms with Crippen LogP contribution in [0.3, 0.4) is 0 Å². The third kappa shape index (κ3) is 3.50. The lowest BCUT2D eigenvalue weighted by atomic mass is 10.1. The van der Waals surface area contributed by atoms with Gasteiger partial charge < -0.3 is 5.32 Å². The molecule has 0 aliphatic carbocycles. The Balaban J connectivity index is 1.55. The predicted molar refractivity (Wildman–Crippen MR) is 108 cm³/mol. The molecule has 1 amide bonds. The molecule has 2 heterocycles. The zero-order chi connectivity index (χ0) is 18.8. The number of carbonyl (C=O) groups excluding carboxylic acids is 1. The first-order chi connectivity index (χ1) is 13.2. The molecule has 7 heteroatoms. The predicted octanol–water partition coefficient (Wildman–Crippen LogP) is 3.88. The minimum Gasteiger partial charge on any atom is -0.325 e. The van der Waals surface area contributed by atoms with Gasteiger partial charge in [-0.2, -0.15) is 0 Å². The Kier molecular flexibility index (Phi) is 4.77. The molecule has 1 N–H and O–H groups in total. The quantitative estimate of drug-likeness (QED) is 0.535. The summed E-state index contributed by atoms with van der Waals surface area (Å²) in [5, 5.41) is 12.0. The van der Waals surface area contributed by atoms with E-state index >= 15 is 0 Å². The van der Waals surface area contributed by atoms with Crippen molar-refractivity contribution in [1.82, 2.24) is 19.6 Å². The maximum absolute atomic E-state index is 12.3. The van der Waals surface area contributed by atoms with Gasteiger partial charge in [-0.1, -0.05) is 43.0 Å². The average molecular weight is 377 g/mol. The Morgan fingerprint density at radius 1 is 1.11 bits per heavy atom. The normalized spacial score (nSPS) is 11.2. The van der Waals surface area contributed by atoms with E-state index in [1.54, 1.807) is 0 Å². The summed E-state index contributed by atoms with van der Waals surface area (Å²) in [6.07, 6.45) is 0.978. The second-order valence-electron chi connectivity index (χ2n) is 6.20.